The van der Waals surface area contributed by atoms with Crippen molar-refractivity contribution in [1.29, 1.82) is 0 Å². The van der Waals surface area contributed by atoms with E-state index in [1.165, 1.54) is 32.1 Å². The first kappa shape index (κ1) is 18.2. The number of rotatable bonds is 4. The van der Waals surface area contributed by atoms with Crippen molar-refractivity contribution in [2.24, 2.45) is 41.4 Å². The van der Waals surface area contributed by atoms with E-state index in [-0.39, 0.29) is 35.8 Å². The first-order chi connectivity index (χ1) is 13.5. The van der Waals surface area contributed by atoms with Crippen LogP contribution in [0, 0.1) is 41.4 Å². The summed E-state index contributed by atoms with van der Waals surface area (Å²) in [6, 6.07) is 0. The van der Waals surface area contributed by atoms with Gasteiger partial charge in [0.2, 0.25) is 0 Å². The van der Waals surface area contributed by atoms with Gasteiger partial charge >= 0.3 is 5.97 Å². The lowest BCUT2D eigenvalue weighted by Crippen LogP contribution is -2.58. The Labute approximate surface area is 169 Å². The molecular weight excluding hydrogens is 352 g/mol. The van der Waals surface area contributed by atoms with Crippen molar-refractivity contribution in [2.75, 3.05) is 0 Å². The summed E-state index contributed by atoms with van der Waals surface area (Å²) in [5.74, 6) is 3.80. The van der Waals surface area contributed by atoms with Gasteiger partial charge in [-0.05, 0) is 82.0 Å². The lowest BCUT2D eigenvalue weighted by Gasteiger charge is -2.59. The van der Waals surface area contributed by atoms with Crippen molar-refractivity contribution in [3.63, 3.8) is 0 Å². The summed E-state index contributed by atoms with van der Waals surface area (Å²) in [4.78, 5) is 13.4. The molecule has 0 N–H and O–H groups in total. The molecule has 0 amide bonds. The molecule has 156 valence electrons. The normalized spacial score (nSPS) is 58.3. The second-order valence-electron chi connectivity index (χ2n) is 11.1. The first-order valence-corrected chi connectivity index (χ1v) is 12.1. The lowest BCUT2D eigenvalue weighted by molar-refractivity contribution is -0.208. The van der Waals surface area contributed by atoms with Crippen molar-refractivity contribution in [2.45, 2.75) is 102 Å². The van der Waals surface area contributed by atoms with Crippen LogP contribution in [0.2, 0.25) is 0 Å². The second kappa shape index (κ2) is 6.20. The van der Waals surface area contributed by atoms with Crippen LogP contribution in [0.4, 0.5) is 0 Å². The van der Waals surface area contributed by atoms with Crippen LogP contribution < -0.4 is 0 Å². The molecule has 6 bridgehead atoms. The Morgan fingerprint density at radius 1 is 0.893 bits per heavy atom. The van der Waals surface area contributed by atoms with Gasteiger partial charge in [0.1, 0.15) is 5.60 Å². The Kier molecular flexibility index (Phi) is 4.02. The predicted octanol–water partition coefficient (Wildman–Crippen LogP) is 4.35. The number of carbonyl (C=O) groups excluding carboxylic acids is 1. The third-order valence-corrected chi connectivity index (χ3v) is 9.86. The van der Waals surface area contributed by atoms with Gasteiger partial charge in [-0.2, -0.15) is 0 Å². The average Bonchev–Trinajstić information content (AvgIpc) is 3.36. The Hall–Kier alpha value is -0.610. The van der Waals surface area contributed by atoms with Crippen LogP contribution in [0.3, 0.4) is 0 Å². The second-order valence-corrected chi connectivity index (χ2v) is 11.1. The van der Waals surface area contributed by atoms with E-state index < -0.39 is 0 Å². The number of fused-ring (bicyclic) bond motifs is 5. The largest absolute Gasteiger partial charge is 0.458 e. The minimum Gasteiger partial charge on any atom is -0.458 e. The van der Waals surface area contributed by atoms with E-state index in [1.807, 2.05) is 0 Å². The van der Waals surface area contributed by atoms with Crippen LogP contribution in [0.25, 0.3) is 0 Å². The van der Waals surface area contributed by atoms with Gasteiger partial charge in [0.05, 0.1) is 30.3 Å². The molecule has 7 aliphatic rings. The molecule has 0 spiro atoms. The Morgan fingerprint density at radius 3 is 2.11 bits per heavy atom. The molecule has 7 rings (SSSR count). The predicted molar refractivity (Wildman–Crippen MR) is 105 cm³/mol. The van der Waals surface area contributed by atoms with E-state index in [1.54, 1.807) is 0 Å². The van der Waals surface area contributed by atoms with E-state index in [4.69, 9.17) is 14.2 Å². The molecular formula is C24H36O4. The number of hydrogen-bond acceptors (Lipinski definition) is 4. The highest BCUT2D eigenvalue weighted by molar-refractivity contribution is 5.74. The van der Waals surface area contributed by atoms with Crippen LogP contribution in [-0.4, -0.2) is 36.0 Å². The molecule has 7 fully saturated rings. The fraction of sp³-hybridized carbons (Fsp3) is 0.958. The van der Waals surface area contributed by atoms with Crippen LogP contribution in [0.15, 0.2) is 0 Å². The van der Waals surface area contributed by atoms with E-state index in [0.717, 1.165) is 31.1 Å². The van der Waals surface area contributed by atoms with Gasteiger partial charge in [0.15, 0.2) is 0 Å². The van der Waals surface area contributed by atoms with Crippen molar-refractivity contribution in [3.8, 4) is 0 Å². The van der Waals surface area contributed by atoms with Crippen molar-refractivity contribution in [3.05, 3.63) is 0 Å². The molecule has 3 aliphatic heterocycles. The highest BCUT2D eigenvalue weighted by Crippen LogP contribution is 2.60. The maximum Gasteiger partial charge on any atom is 0.312 e. The van der Waals surface area contributed by atoms with Gasteiger partial charge in [-0.1, -0.05) is 13.8 Å². The number of hydrogen-bond donors (Lipinski definition) is 0. The Morgan fingerprint density at radius 2 is 1.50 bits per heavy atom. The summed E-state index contributed by atoms with van der Waals surface area (Å²) in [6.07, 6.45) is 10.2. The van der Waals surface area contributed by atoms with Crippen molar-refractivity contribution >= 4 is 5.97 Å². The molecule has 4 nitrogen and oxygen atoms in total. The highest BCUT2D eigenvalue weighted by Gasteiger charge is 2.65. The first-order valence-electron chi connectivity index (χ1n) is 12.1. The van der Waals surface area contributed by atoms with Gasteiger partial charge < -0.3 is 14.2 Å². The highest BCUT2D eigenvalue weighted by atomic mass is 16.6. The van der Waals surface area contributed by atoms with Crippen molar-refractivity contribution < 1.29 is 19.0 Å². The summed E-state index contributed by atoms with van der Waals surface area (Å²) in [6.45, 7) is 6.68. The maximum atomic E-state index is 13.4. The molecule has 3 heterocycles. The van der Waals surface area contributed by atoms with Gasteiger partial charge in [0, 0.05) is 11.8 Å². The number of carbonyl (C=O) groups is 1. The molecule has 4 saturated carbocycles. The minimum absolute atomic E-state index is 0.0180. The Balaban J connectivity index is 1.20. The zero-order valence-corrected chi connectivity index (χ0v) is 17.6. The summed E-state index contributed by atoms with van der Waals surface area (Å²) in [7, 11) is 0. The quantitative estimate of drug-likeness (QED) is 0.672. The van der Waals surface area contributed by atoms with Crippen LogP contribution in [-0.2, 0) is 19.0 Å². The molecule has 4 heteroatoms. The molecule has 7 unspecified atom stereocenters. The van der Waals surface area contributed by atoms with Crippen LogP contribution >= 0.6 is 0 Å². The molecule has 3 saturated heterocycles. The van der Waals surface area contributed by atoms with Crippen LogP contribution in [0.5, 0.6) is 0 Å². The van der Waals surface area contributed by atoms with E-state index in [2.05, 4.69) is 20.8 Å². The monoisotopic (exact) mass is 388 g/mol. The van der Waals surface area contributed by atoms with Gasteiger partial charge in [-0.15, -0.1) is 0 Å². The summed E-state index contributed by atoms with van der Waals surface area (Å²) in [5.41, 5.74) is -0.228. The van der Waals surface area contributed by atoms with E-state index in [0.29, 0.717) is 29.8 Å². The molecule has 0 radical (unpaired) electrons. The minimum atomic E-state index is -0.228. The van der Waals surface area contributed by atoms with E-state index in [9.17, 15) is 4.79 Å². The summed E-state index contributed by atoms with van der Waals surface area (Å²) >= 11 is 0. The number of esters is 1. The molecule has 0 aromatic rings. The zero-order chi connectivity index (χ0) is 19.2. The van der Waals surface area contributed by atoms with Crippen molar-refractivity contribution in [1.82, 2.24) is 0 Å². The van der Waals surface area contributed by atoms with Gasteiger partial charge in [0.25, 0.3) is 0 Å². The average molecular weight is 389 g/mol. The molecule has 4 aliphatic carbocycles. The Bertz CT molecular complexity index is 631. The number of ether oxygens (including phenoxy) is 3. The molecule has 28 heavy (non-hydrogen) atoms. The smallest absolute Gasteiger partial charge is 0.312 e. The molecule has 7 atom stereocenters. The third-order valence-electron chi connectivity index (χ3n) is 9.86. The molecule has 0 aromatic heterocycles. The van der Waals surface area contributed by atoms with Gasteiger partial charge in [-0.25, -0.2) is 0 Å². The van der Waals surface area contributed by atoms with E-state index >= 15 is 0 Å². The maximum absolute atomic E-state index is 13.4. The summed E-state index contributed by atoms with van der Waals surface area (Å²) < 4.78 is 19.2. The van der Waals surface area contributed by atoms with Crippen LogP contribution in [0.1, 0.15) is 72.1 Å². The fourth-order valence-electron chi connectivity index (χ4n) is 8.71. The fourth-order valence-corrected chi connectivity index (χ4v) is 8.71. The lowest BCUT2D eigenvalue weighted by atomic mass is 9.50. The third kappa shape index (κ3) is 2.34. The standard InChI is InChI=1S/C24H36O4/c1-4-17-20-19-11-16(22(27-19)21(20)18(5-2)26-17)23(25)28-24(3)14-7-12-6-13(9-14)10-15(24)8-12/h12-22H,4-11H2,1-3H3. The topological polar surface area (TPSA) is 44.8 Å². The SMILES string of the molecule is CCC1OC(CC)C2C3OC(CC3C(=O)OC3(C)C4CC5CC(C4)CC3C5)C12. The zero-order valence-electron chi connectivity index (χ0n) is 17.6. The van der Waals surface area contributed by atoms with Gasteiger partial charge in [-0.3, -0.25) is 4.79 Å². The molecule has 0 aromatic carbocycles. The summed E-state index contributed by atoms with van der Waals surface area (Å²) in [5, 5.41) is 0.